The number of hydrogen-bond acceptors (Lipinski definition) is 2. The van der Waals surface area contributed by atoms with Crippen LogP contribution in [0, 0.1) is 11.8 Å². The second kappa shape index (κ2) is 6.38. The molecule has 0 aromatic rings. The SMILES string of the molecule is C=C(C)[C@H]1CC=C(CN2CCCC(C(N)=O)C2)CC1. The first-order chi connectivity index (χ1) is 9.06. The Morgan fingerprint density at radius 2 is 2.26 bits per heavy atom. The fourth-order valence-corrected chi connectivity index (χ4v) is 3.20. The van der Waals surface area contributed by atoms with Gasteiger partial charge >= 0.3 is 0 Å². The zero-order valence-corrected chi connectivity index (χ0v) is 12.0. The maximum Gasteiger partial charge on any atom is 0.221 e. The Bertz CT molecular complexity index is 386. The highest BCUT2D eigenvalue weighted by Gasteiger charge is 2.25. The van der Waals surface area contributed by atoms with E-state index in [-0.39, 0.29) is 11.8 Å². The number of amides is 1. The fraction of sp³-hybridized carbons (Fsp3) is 0.688. The van der Waals surface area contributed by atoms with Gasteiger partial charge in [-0.15, -0.1) is 0 Å². The molecule has 2 atom stereocenters. The lowest BCUT2D eigenvalue weighted by Gasteiger charge is -2.33. The maximum atomic E-state index is 11.3. The Kier molecular flexibility index (Phi) is 4.81. The molecule has 3 nitrogen and oxygen atoms in total. The van der Waals surface area contributed by atoms with E-state index in [2.05, 4.69) is 24.5 Å². The van der Waals surface area contributed by atoms with Gasteiger partial charge in [0.15, 0.2) is 0 Å². The molecule has 0 aromatic heterocycles. The molecule has 3 heteroatoms. The zero-order chi connectivity index (χ0) is 13.8. The number of primary amides is 1. The van der Waals surface area contributed by atoms with Crippen molar-refractivity contribution in [2.75, 3.05) is 19.6 Å². The van der Waals surface area contributed by atoms with Gasteiger partial charge in [0.25, 0.3) is 0 Å². The minimum atomic E-state index is -0.135. The van der Waals surface area contributed by atoms with Gasteiger partial charge in [-0.3, -0.25) is 9.69 Å². The molecule has 19 heavy (non-hydrogen) atoms. The van der Waals surface area contributed by atoms with E-state index in [4.69, 9.17) is 5.73 Å². The van der Waals surface area contributed by atoms with Gasteiger partial charge in [0.05, 0.1) is 5.92 Å². The summed E-state index contributed by atoms with van der Waals surface area (Å²) in [6.07, 6.45) is 7.98. The fourth-order valence-electron chi connectivity index (χ4n) is 3.20. The van der Waals surface area contributed by atoms with Gasteiger partial charge < -0.3 is 5.73 Å². The van der Waals surface area contributed by atoms with Crippen molar-refractivity contribution < 1.29 is 4.79 Å². The van der Waals surface area contributed by atoms with Gasteiger partial charge in [-0.25, -0.2) is 0 Å². The van der Waals surface area contributed by atoms with Crippen LogP contribution in [0.4, 0.5) is 0 Å². The molecular formula is C16H26N2O. The lowest BCUT2D eigenvalue weighted by Crippen LogP contribution is -2.42. The average molecular weight is 262 g/mol. The first-order valence-corrected chi connectivity index (χ1v) is 7.41. The van der Waals surface area contributed by atoms with Crippen molar-refractivity contribution in [1.82, 2.24) is 4.90 Å². The van der Waals surface area contributed by atoms with Gasteiger partial charge in [-0.05, 0) is 51.5 Å². The second-order valence-electron chi connectivity index (χ2n) is 6.16. The normalized spacial score (nSPS) is 28.8. The predicted molar refractivity (Wildman–Crippen MR) is 78.6 cm³/mol. The molecular weight excluding hydrogens is 236 g/mol. The highest BCUT2D eigenvalue weighted by atomic mass is 16.1. The molecule has 1 aliphatic carbocycles. The molecule has 2 rings (SSSR count). The van der Waals surface area contributed by atoms with E-state index in [1.807, 2.05) is 0 Å². The summed E-state index contributed by atoms with van der Waals surface area (Å²) < 4.78 is 0. The Balaban J connectivity index is 1.85. The summed E-state index contributed by atoms with van der Waals surface area (Å²) in [6.45, 7) is 9.15. The monoisotopic (exact) mass is 262 g/mol. The van der Waals surface area contributed by atoms with Crippen LogP contribution in [0.1, 0.15) is 39.0 Å². The smallest absolute Gasteiger partial charge is 0.221 e. The van der Waals surface area contributed by atoms with Crippen LogP contribution in [0.2, 0.25) is 0 Å². The molecule has 1 aliphatic heterocycles. The first-order valence-electron chi connectivity index (χ1n) is 7.41. The summed E-state index contributed by atoms with van der Waals surface area (Å²) in [5.74, 6) is 0.592. The van der Waals surface area contributed by atoms with Crippen molar-refractivity contribution in [2.24, 2.45) is 17.6 Å². The quantitative estimate of drug-likeness (QED) is 0.791. The molecule has 1 fully saturated rings. The summed E-state index contributed by atoms with van der Waals surface area (Å²) >= 11 is 0. The number of allylic oxidation sites excluding steroid dienone is 2. The van der Waals surface area contributed by atoms with Crippen molar-refractivity contribution in [1.29, 1.82) is 0 Å². The number of carbonyl (C=O) groups is 1. The molecule has 0 bridgehead atoms. The summed E-state index contributed by atoms with van der Waals surface area (Å²) in [4.78, 5) is 13.7. The van der Waals surface area contributed by atoms with E-state index in [0.717, 1.165) is 38.9 Å². The molecule has 0 aromatic carbocycles. The number of piperidine rings is 1. The summed E-state index contributed by atoms with van der Waals surface area (Å²) in [5, 5.41) is 0. The van der Waals surface area contributed by atoms with Crippen molar-refractivity contribution in [3.05, 3.63) is 23.8 Å². The summed E-state index contributed by atoms with van der Waals surface area (Å²) in [7, 11) is 0. The van der Waals surface area contributed by atoms with Crippen LogP contribution in [-0.4, -0.2) is 30.4 Å². The van der Waals surface area contributed by atoms with Gasteiger partial charge in [0.2, 0.25) is 5.91 Å². The standard InChI is InChI=1S/C16H26N2O/c1-12(2)14-7-5-13(6-8-14)10-18-9-3-4-15(11-18)16(17)19/h5,14-15H,1,3-4,6-11H2,2H3,(H2,17,19)/t14-,15?/m0/s1. The van der Waals surface area contributed by atoms with E-state index in [1.54, 1.807) is 0 Å². The van der Waals surface area contributed by atoms with Crippen molar-refractivity contribution in [3.63, 3.8) is 0 Å². The number of carbonyl (C=O) groups excluding carboxylic acids is 1. The van der Waals surface area contributed by atoms with Crippen LogP contribution >= 0.6 is 0 Å². The van der Waals surface area contributed by atoms with Crippen molar-refractivity contribution in [3.8, 4) is 0 Å². The molecule has 0 saturated carbocycles. The molecule has 1 unspecified atom stereocenters. The van der Waals surface area contributed by atoms with E-state index in [1.165, 1.54) is 24.0 Å². The number of rotatable bonds is 4. The predicted octanol–water partition coefficient (Wildman–Crippen LogP) is 2.49. The highest BCUT2D eigenvalue weighted by Crippen LogP contribution is 2.29. The van der Waals surface area contributed by atoms with Gasteiger partial charge in [0, 0.05) is 13.1 Å². The van der Waals surface area contributed by atoms with Gasteiger partial charge in [-0.1, -0.05) is 23.8 Å². The lowest BCUT2D eigenvalue weighted by atomic mass is 9.85. The molecule has 1 heterocycles. The molecule has 1 amide bonds. The third kappa shape index (κ3) is 3.93. The number of nitrogens with two attached hydrogens (primary N) is 1. The molecule has 106 valence electrons. The van der Waals surface area contributed by atoms with Crippen LogP contribution in [0.15, 0.2) is 23.8 Å². The van der Waals surface area contributed by atoms with Crippen LogP contribution in [0.3, 0.4) is 0 Å². The maximum absolute atomic E-state index is 11.3. The Morgan fingerprint density at radius 3 is 2.84 bits per heavy atom. The van der Waals surface area contributed by atoms with Crippen molar-refractivity contribution in [2.45, 2.75) is 39.0 Å². The van der Waals surface area contributed by atoms with E-state index in [0.29, 0.717) is 5.92 Å². The van der Waals surface area contributed by atoms with E-state index >= 15 is 0 Å². The Labute approximate surface area is 116 Å². The topological polar surface area (TPSA) is 46.3 Å². The summed E-state index contributed by atoms with van der Waals surface area (Å²) in [5.41, 5.74) is 8.26. The van der Waals surface area contributed by atoms with Crippen molar-refractivity contribution >= 4 is 5.91 Å². The summed E-state index contributed by atoms with van der Waals surface area (Å²) in [6, 6.07) is 0. The first kappa shape index (κ1) is 14.3. The zero-order valence-electron chi connectivity index (χ0n) is 12.0. The average Bonchev–Trinajstić information content (AvgIpc) is 2.39. The van der Waals surface area contributed by atoms with Crippen LogP contribution < -0.4 is 5.73 Å². The molecule has 2 aliphatic rings. The molecule has 0 radical (unpaired) electrons. The van der Waals surface area contributed by atoms with Gasteiger partial charge in [-0.2, -0.15) is 0 Å². The third-order valence-corrected chi connectivity index (χ3v) is 4.54. The van der Waals surface area contributed by atoms with Crippen LogP contribution in [-0.2, 0) is 4.79 Å². The highest BCUT2D eigenvalue weighted by molar-refractivity contribution is 5.76. The van der Waals surface area contributed by atoms with Gasteiger partial charge in [0.1, 0.15) is 0 Å². The number of likely N-dealkylation sites (tertiary alicyclic amines) is 1. The van der Waals surface area contributed by atoms with Crippen LogP contribution in [0.25, 0.3) is 0 Å². The van der Waals surface area contributed by atoms with E-state index in [9.17, 15) is 4.79 Å². The second-order valence-corrected chi connectivity index (χ2v) is 6.16. The van der Waals surface area contributed by atoms with E-state index < -0.39 is 0 Å². The number of hydrogen-bond donors (Lipinski definition) is 1. The molecule has 0 spiro atoms. The largest absolute Gasteiger partial charge is 0.369 e. The number of nitrogens with zero attached hydrogens (tertiary/aromatic N) is 1. The third-order valence-electron chi connectivity index (χ3n) is 4.54. The Hall–Kier alpha value is -1.09. The molecule has 2 N–H and O–H groups in total. The Morgan fingerprint density at radius 1 is 1.47 bits per heavy atom. The van der Waals surface area contributed by atoms with Crippen LogP contribution in [0.5, 0.6) is 0 Å². The minimum absolute atomic E-state index is 0.0566. The minimum Gasteiger partial charge on any atom is -0.369 e. The lowest BCUT2D eigenvalue weighted by molar-refractivity contribution is -0.123. The molecule has 1 saturated heterocycles.